The molecular weight excluding hydrogens is 613 g/mol. The molecule has 12 heteroatoms. The van der Waals surface area contributed by atoms with Crippen LogP contribution >= 0.6 is 11.3 Å². The Kier molecular flexibility index (Phi) is 11.5. The first kappa shape index (κ1) is 33.9. The molecule has 0 atom stereocenters. The van der Waals surface area contributed by atoms with Crippen LogP contribution in [-0.2, 0) is 10.0 Å². The van der Waals surface area contributed by atoms with Crippen molar-refractivity contribution in [3.05, 3.63) is 71.3 Å². The standard InChI is InChI=1S/C33H40N4O6S2/c1-7-9-17-36(18-10-8-2)45(39,40)26-14-12-25(13-15-26)32(38)37(33-35-27-16-11-23(3)19-30(27)44-33)34-22-24-20-28(41-4)31(43-6)29(21-24)42-5/h11-16,19-22H,7-10,17-18H2,1-6H3/b34-22+. The lowest BCUT2D eigenvalue weighted by Crippen LogP contribution is -2.33. The highest BCUT2D eigenvalue weighted by molar-refractivity contribution is 7.89. The van der Waals surface area contributed by atoms with Crippen molar-refractivity contribution in [3.8, 4) is 17.2 Å². The van der Waals surface area contributed by atoms with Crippen molar-refractivity contribution in [1.82, 2.24) is 9.29 Å². The number of fused-ring (bicyclic) bond motifs is 1. The molecule has 4 aromatic rings. The fraction of sp³-hybridized carbons (Fsp3) is 0.364. The third kappa shape index (κ3) is 7.81. The molecule has 1 amide bonds. The number of unbranched alkanes of at least 4 members (excludes halogenated alkanes) is 2. The normalized spacial score (nSPS) is 11.8. The number of sulfonamides is 1. The first-order chi connectivity index (χ1) is 21.7. The van der Waals surface area contributed by atoms with E-state index in [-0.39, 0.29) is 10.5 Å². The highest BCUT2D eigenvalue weighted by Gasteiger charge is 2.26. The van der Waals surface area contributed by atoms with Gasteiger partial charge >= 0.3 is 0 Å². The van der Waals surface area contributed by atoms with Crippen molar-refractivity contribution < 1.29 is 27.4 Å². The Morgan fingerprint density at radius 2 is 1.53 bits per heavy atom. The van der Waals surface area contributed by atoms with Gasteiger partial charge in [-0.15, -0.1) is 0 Å². The van der Waals surface area contributed by atoms with Gasteiger partial charge in [0.15, 0.2) is 11.5 Å². The summed E-state index contributed by atoms with van der Waals surface area (Å²) in [7, 11) is 0.852. The van der Waals surface area contributed by atoms with E-state index in [9.17, 15) is 13.2 Å². The highest BCUT2D eigenvalue weighted by Crippen LogP contribution is 2.38. The number of amides is 1. The molecule has 0 fully saturated rings. The monoisotopic (exact) mass is 652 g/mol. The van der Waals surface area contributed by atoms with Crippen molar-refractivity contribution in [2.45, 2.75) is 51.3 Å². The van der Waals surface area contributed by atoms with Crippen LogP contribution in [0.2, 0.25) is 0 Å². The summed E-state index contributed by atoms with van der Waals surface area (Å²) >= 11 is 1.33. The molecule has 10 nitrogen and oxygen atoms in total. The number of methoxy groups -OCH3 is 3. The minimum atomic E-state index is -3.71. The van der Waals surface area contributed by atoms with Gasteiger partial charge in [0.05, 0.1) is 42.7 Å². The Morgan fingerprint density at radius 3 is 2.09 bits per heavy atom. The summed E-state index contributed by atoms with van der Waals surface area (Å²) in [5.41, 5.74) is 2.67. The zero-order valence-corrected chi connectivity index (χ0v) is 28.2. The molecule has 0 aliphatic carbocycles. The molecule has 0 spiro atoms. The number of hydrogen-bond donors (Lipinski definition) is 0. The second kappa shape index (κ2) is 15.3. The molecule has 0 bridgehead atoms. The summed E-state index contributed by atoms with van der Waals surface area (Å²) in [4.78, 5) is 18.8. The van der Waals surface area contributed by atoms with Gasteiger partial charge in [-0.1, -0.05) is 44.1 Å². The second-order valence-corrected chi connectivity index (χ2v) is 13.4. The van der Waals surface area contributed by atoms with Gasteiger partial charge in [-0.3, -0.25) is 4.79 Å². The van der Waals surface area contributed by atoms with E-state index in [2.05, 4.69) is 10.1 Å². The molecule has 0 N–H and O–H groups in total. The van der Waals surface area contributed by atoms with Gasteiger partial charge < -0.3 is 14.2 Å². The first-order valence-corrected chi connectivity index (χ1v) is 17.1. The minimum absolute atomic E-state index is 0.147. The number of nitrogens with zero attached hydrogens (tertiary/aromatic N) is 4. The number of thiazole rings is 1. The Hall–Kier alpha value is -4.00. The maximum atomic E-state index is 14.0. The number of anilines is 1. The topological polar surface area (TPSA) is 111 Å². The summed E-state index contributed by atoms with van der Waals surface area (Å²) in [6.07, 6.45) is 4.85. The summed E-state index contributed by atoms with van der Waals surface area (Å²) in [6, 6.07) is 15.3. The van der Waals surface area contributed by atoms with E-state index in [4.69, 9.17) is 14.2 Å². The Morgan fingerprint density at radius 1 is 0.911 bits per heavy atom. The number of ether oxygens (including phenoxy) is 3. The number of carbonyl (C=O) groups is 1. The fourth-order valence-electron chi connectivity index (χ4n) is 4.66. The van der Waals surface area contributed by atoms with Gasteiger partial charge in [0.2, 0.25) is 20.9 Å². The summed E-state index contributed by atoms with van der Waals surface area (Å²) < 4.78 is 45.8. The lowest BCUT2D eigenvalue weighted by Gasteiger charge is -2.22. The molecule has 0 unspecified atom stereocenters. The summed E-state index contributed by atoms with van der Waals surface area (Å²) in [5.74, 6) is 0.850. The number of hydrazone groups is 1. The average Bonchev–Trinajstić information content (AvgIpc) is 3.46. The van der Waals surface area contributed by atoms with Gasteiger partial charge in [-0.05, 0) is 73.9 Å². The predicted octanol–water partition coefficient (Wildman–Crippen LogP) is 6.90. The molecular formula is C33H40N4O6S2. The lowest BCUT2D eigenvalue weighted by atomic mass is 10.2. The van der Waals surface area contributed by atoms with Crippen LogP contribution in [-0.4, -0.2) is 64.2 Å². The van der Waals surface area contributed by atoms with Crippen LogP contribution in [0.4, 0.5) is 5.13 Å². The summed E-state index contributed by atoms with van der Waals surface area (Å²) in [5, 5.41) is 6.15. The quantitative estimate of drug-likeness (QED) is 0.101. The molecule has 240 valence electrons. The molecule has 0 aliphatic heterocycles. The average molecular weight is 653 g/mol. The Labute approximate surface area is 269 Å². The van der Waals surface area contributed by atoms with Gasteiger partial charge in [-0.25, -0.2) is 13.4 Å². The van der Waals surface area contributed by atoms with Crippen molar-refractivity contribution in [2.75, 3.05) is 39.4 Å². The molecule has 45 heavy (non-hydrogen) atoms. The molecule has 0 saturated carbocycles. The van der Waals surface area contributed by atoms with Crippen molar-refractivity contribution in [1.29, 1.82) is 0 Å². The van der Waals surface area contributed by atoms with Crippen LogP contribution < -0.4 is 19.2 Å². The largest absolute Gasteiger partial charge is 0.493 e. The predicted molar refractivity (Wildman–Crippen MR) is 180 cm³/mol. The highest BCUT2D eigenvalue weighted by atomic mass is 32.2. The van der Waals surface area contributed by atoms with Crippen LogP contribution in [0, 0.1) is 6.92 Å². The van der Waals surface area contributed by atoms with E-state index in [0.29, 0.717) is 41.0 Å². The molecule has 3 aromatic carbocycles. The number of rotatable bonds is 15. The van der Waals surface area contributed by atoms with Gasteiger partial charge in [0.25, 0.3) is 5.91 Å². The van der Waals surface area contributed by atoms with E-state index in [1.807, 2.05) is 39.0 Å². The number of aryl methyl sites for hydroxylation is 1. The van der Waals surface area contributed by atoms with E-state index in [1.165, 1.54) is 72.5 Å². The van der Waals surface area contributed by atoms with Gasteiger partial charge in [-0.2, -0.15) is 14.4 Å². The number of benzene rings is 3. The van der Waals surface area contributed by atoms with Crippen LogP contribution in [0.25, 0.3) is 10.2 Å². The Balaban J connectivity index is 1.72. The van der Waals surface area contributed by atoms with Crippen molar-refractivity contribution in [3.63, 3.8) is 0 Å². The maximum Gasteiger partial charge on any atom is 0.280 e. The third-order valence-electron chi connectivity index (χ3n) is 7.18. The lowest BCUT2D eigenvalue weighted by molar-refractivity contribution is 0.0987. The van der Waals surface area contributed by atoms with Crippen LogP contribution in [0.5, 0.6) is 17.2 Å². The molecule has 0 radical (unpaired) electrons. The zero-order chi connectivity index (χ0) is 32.6. The first-order valence-electron chi connectivity index (χ1n) is 14.8. The van der Waals surface area contributed by atoms with Gasteiger partial charge in [0.1, 0.15) is 0 Å². The maximum absolute atomic E-state index is 14.0. The molecule has 0 aliphatic rings. The van der Waals surface area contributed by atoms with E-state index in [0.717, 1.165) is 41.5 Å². The van der Waals surface area contributed by atoms with Crippen molar-refractivity contribution in [2.24, 2.45) is 5.10 Å². The van der Waals surface area contributed by atoms with Crippen LogP contribution in [0.15, 0.2) is 64.6 Å². The van der Waals surface area contributed by atoms with Crippen LogP contribution in [0.1, 0.15) is 61.0 Å². The fourth-order valence-corrected chi connectivity index (χ4v) is 7.20. The Bertz CT molecular complexity index is 1720. The number of hydrogen-bond acceptors (Lipinski definition) is 9. The number of aromatic nitrogens is 1. The minimum Gasteiger partial charge on any atom is -0.493 e. The third-order valence-corrected chi connectivity index (χ3v) is 10.1. The van der Waals surface area contributed by atoms with Crippen LogP contribution in [0.3, 0.4) is 0 Å². The zero-order valence-electron chi connectivity index (χ0n) is 26.6. The molecule has 4 rings (SSSR count). The van der Waals surface area contributed by atoms with Crippen molar-refractivity contribution >= 4 is 48.8 Å². The molecule has 1 heterocycles. The van der Waals surface area contributed by atoms with E-state index >= 15 is 0 Å². The van der Waals surface area contributed by atoms with Gasteiger partial charge in [0, 0.05) is 24.2 Å². The second-order valence-electron chi connectivity index (χ2n) is 10.4. The smallest absolute Gasteiger partial charge is 0.280 e. The van der Waals surface area contributed by atoms with E-state index in [1.54, 1.807) is 12.1 Å². The number of carbonyl (C=O) groups excluding carboxylic acids is 1. The molecule has 1 aromatic heterocycles. The molecule has 0 saturated heterocycles. The van der Waals surface area contributed by atoms with E-state index < -0.39 is 15.9 Å². The SMILES string of the molecule is CCCCN(CCCC)S(=O)(=O)c1ccc(C(=O)N(/N=C/c2cc(OC)c(OC)c(OC)c2)c2nc3ccc(C)cc3s2)cc1. The summed E-state index contributed by atoms with van der Waals surface area (Å²) in [6.45, 7) is 6.98.